The highest BCUT2D eigenvalue weighted by Gasteiger charge is 2.20. The van der Waals surface area contributed by atoms with Gasteiger partial charge in [-0.3, -0.25) is 4.57 Å². The summed E-state index contributed by atoms with van der Waals surface area (Å²) in [5.74, 6) is 0.917. The van der Waals surface area contributed by atoms with Crippen molar-refractivity contribution in [3.8, 4) is 45.3 Å². The van der Waals surface area contributed by atoms with E-state index in [2.05, 4.69) is 255 Å². The molecule has 0 saturated heterocycles. The van der Waals surface area contributed by atoms with Gasteiger partial charge in [-0.25, -0.2) is 4.98 Å². The van der Waals surface area contributed by atoms with E-state index >= 15 is 0 Å². The van der Waals surface area contributed by atoms with Crippen LogP contribution in [0.3, 0.4) is 0 Å². The molecule has 4 heterocycles. The standard InChI is InChI=1S/C61H39N5/c1-3-15-43(16-4-1)63-56-25-13-9-21-49(56)50-37-41(29-34-57(50)63)42-30-35-58-51(38-42)52-39-46(65-54-23-11-7-19-47(54)48-20-8-12-24-55(48)65)33-36-59(52)64(58)45-31-27-40(28-32-45)61-62-53-22-10-14-26-60(53)66(61)44-17-5-2-6-18-44/h1-39H. The van der Waals surface area contributed by atoms with Gasteiger partial charge in [-0.15, -0.1) is 0 Å². The lowest BCUT2D eigenvalue weighted by Gasteiger charge is -2.12. The Labute approximate surface area is 379 Å². The lowest BCUT2D eigenvalue weighted by atomic mass is 10.0. The normalized spacial score (nSPS) is 11.9. The van der Waals surface area contributed by atoms with Crippen LogP contribution >= 0.6 is 0 Å². The van der Waals surface area contributed by atoms with Gasteiger partial charge in [0.05, 0.1) is 44.1 Å². The Kier molecular flexibility index (Phi) is 7.91. The number of fused-ring (bicyclic) bond motifs is 10. The maximum absolute atomic E-state index is 5.17. The Morgan fingerprint density at radius 3 is 1.17 bits per heavy atom. The first-order valence-corrected chi connectivity index (χ1v) is 22.5. The maximum Gasteiger partial charge on any atom is 0.145 e. The molecule has 14 rings (SSSR count). The Hall–Kier alpha value is -8.93. The highest BCUT2D eigenvalue weighted by Crippen LogP contribution is 2.41. The minimum atomic E-state index is 0.917. The summed E-state index contributed by atoms with van der Waals surface area (Å²) in [6.07, 6.45) is 0. The first-order chi connectivity index (χ1) is 32.7. The minimum Gasteiger partial charge on any atom is -0.309 e. The van der Waals surface area contributed by atoms with Gasteiger partial charge in [0.25, 0.3) is 0 Å². The third kappa shape index (κ3) is 5.44. The van der Waals surface area contributed by atoms with Crippen molar-refractivity contribution in [2.45, 2.75) is 0 Å². The van der Waals surface area contributed by atoms with Gasteiger partial charge >= 0.3 is 0 Å². The number of hydrogen-bond acceptors (Lipinski definition) is 1. The van der Waals surface area contributed by atoms with Gasteiger partial charge in [0.15, 0.2) is 0 Å². The average Bonchev–Trinajstić information content (AvgIpc) is 4.13. The van der Waals surface area contributed by atoms with Crippen LogP contribution in [0.2, 0.25) is 0 Å². The molecule has 0 radical (unpaired) electrons. The smallest absolute Gasteiger partial charge is 0.145 e. The van der Waals surface area contributed by atoms with E-state index in [0.29, 0.717) is 0 Å². The summed E-state index contributed by atoms with van der Waals surface area (Å²) in [4.78, 5) is 5.17. The molecule has 4 aromatic heterocycles. The molecule has 0 aliphatic rings. The fourth-order valence-electron chi connectivity index (χ4n) is 10.6. The second-order valence-corrected chi connectivity index (χ2v) is 17.2. The quantitative estimate of drug-likeness (QED) is 0.164. The molecule has 10 aromatic carbocycles. The average molecular weight is 842 g/mol. The van der Waals surface area contributed by atoms with Crippen molar-refractivity contribution in [2.24, 2.45) is 0 Å². The molecular weight excluding hydrogens is 803 g/mol. The number of hydrogen-bond donors (Lipinski definition) is 0. The summed E-state index contributed by atoms with van der Waals surface area (Å²) in [5.41, 5.74) is 17.0. The van der Waals surface area contributed by atoms with Gasteiger partial charge in [-0.05, 0) is 132 Å². The second-order valence-electron chi connectivity index (χ2n) is 17.2. The maximum atomic E-state index is 5.17. The van der Waals surface area contributed by atoms with Gasteiger partial charge in [0, 0.05) is 60.6 Å². The molecule has 5 heteroatoms. The third-order valence-corrected chi connectivity index (χ3v) is 13.6. The van der Waals surface area contributed by atoms with E-state index in [1.165, 1.54) is 65.5 Å². The van der Waals surface area contributed by atoms with Crippen molar-refractivity contribution in [1.29, 1.82) is 0 Å². The fraction of sp³-hybridized carbons (Fsp3) is 0. The zero-order valence-electron chi connectivity index (χ0n) is 35.8. The molecule has 0 fully saturated rings. The SMILES string of the molecule is c1ccc(-n2c(-c3ccc(-n4c5ccc(-c6ccc7c(c6)c6ccccc6n7-c6ccccc6)cc5c5cc(-n6c7ccccc7c7ccccc76)ccc54)cc3)nc3ccccc32)cc1. The molecule has 14 aromatic rings. The number of rotatable bonds is 6. The van der Waals surface area contributed by atoms with Gasteiger partial charge in [0.1, 0.15) is 5.82 Å². The van der Waals surface area contributed by atoms with Crippen molar-refractivity contribution < 1.29 is 0 Å². The zero-order chi connectivity index (χ0) is 43.3. The van der Waals surface area contributed by atoms with E-state index in [1.807, 2.05) is 0 Å². The first-order valence-electron chi connectivity index (χ1n) is 22.5. The molecule has 0 unspecified atom stereocenters. The number of benzene rings is 10. The monoisotopic (exact) mass is 841 g/mol. The Morgan fingerprint density at radius 1 is 0.227 bits per heavy atom. The summed E-state index contributed by atoms with van der Waals surface area (Å²) in [6, 6.07) is 85.7. The molecule has 0 amide bonds. The van der Waals surface area contributed by atoms with Gasteiger partial charge in [-0.1, -0.05) is 115 Å². The largest absolute Gasteiger partial charge is 0.309 e. The highest BCUT2D eigenvalue weighted by atomic mass is 15.1. The van der Waals surface area contributed by atoms with Crippen LogP contribution in [0, 0.1) is 0 Å². The van der Waals surface area contributed by atoms with Gasteiger partial charge in [-0.2, -0.15) is 0 Å². The van der Waals surface area contributed by atoms with Gasteiger partial charge in [0.2, 0.25) is 0 Å². The molecule has 0 spiro atoms. The van der Waals surface area contributed by atoms with E-state index in [4.69, 9.17) is 4.98 Å². The van der Waals surface area contributed by atoms with Crippen LogP contribution in [-0.4, -0.2) is 23.3 Å². The predicted octanol–water partition coefficient (Wildman–Crippen LogP) is 15.7. The van der Waals surface area contributed by atoms with Crippen molar-refractivity contribution in [3.63, 3.8) is 0 Å². The molecule has 0 saturated carbocycles. The van der Waals surface area contributed by atoms with Crippen LogP contribution < -0.4 is 0 Å². The zero-order valence-corrected chi connectivity index (χ0v) is 35.8. The summed E-state index contributed by atoms with van der Waals surface area (Å²) in [5, 5.41) is 7.39. The van der Waals surface area contributed by atoms with Crippen LogP contribution in [0.25, 0.3) is 122 Å². The fourth-order valence-corrected chi connectivity index (χ4v) is 10.6. The Bertz CT molecular complexity index is 4150. The van der Waals surface area contributed by atoms with Gasteiger partial charge < -0.3 is 13.7 Å². The summed E-state index contributed by atoms with van der Waals surface area (Å²) in [6.45, 7) is 0. The summed E-state index contributed by atoms with van der Waals surface area (Å²) >= 11 is 0. The second kappa shape index (κ2) is 14.3. The molecule has 0 N–H and O–H groups in total. The molecule has 0 atom stereocenters. The molecular formula is C61H39N5. The van der Waals surface area contributed by atoms with E-state index in [1.54, 1.807) is 0 Å². The molecule has 0 bridgehead atoms. The third-order valence-electron chi connectivity index (χ3n) is 13.6. The molecule has 308 valence electrons. The van der Waals surface area contributed by atoms with E-state index in [0.717, 1.165) is 56.2 Å². The van der Waals surface area contributed by atoms with Crippen LogP contribution in [-0.2, 0) is 0 Å². The predicted molar refractivity (Wildman–Crippen MR) is 275 cm³/mol. The summed E-state index contributed by atoms with van der Waals surface area (Å²) in [7, 11) is 0. The van der Waals surface area contributed by atoms with Crippen LogP contribution in [0.5, 0.6) is 0 Å². The van der Waals surface area contributed by atoms with E-state index < -0.39 is 0 Å². The Balaban J connectivity index is 0.970. The lowest BCUT2D eigenvalue weighted by molar-refractivity contribution is 1.10. The van der Waals surface area contributed by atoms with Crippen molar-refractivity contribution in [3.05, 3.63) is 237 Å². The molecule has 0 aliphatic heterocycles. The number of nitrogens with zero attached hydrogens (tertiary/aromatic N) is 5. The molecule has 5 nitrogen and oxygen atoms in total. The number of imidazole rings is 1. The molecule has 0 aliphatic carbocycles. The summed E-state index contributed by atoms with van der Waals surface area (Å²) < 4.78 is 9.48. The Morgan fingerprint density at radius 2 is 0.591 bits per heavy atom. The van der Waals surface area contributed by atoms with Crippen molar-refractivity contribution >= 4 is 76.5 Å². The van der Waals surface area contributed by atoms with Crippen LogP contribution in [0.1, 0.15) is 0 Å². The number of para-hydroxylation sites is 7. The van der Waals surface area contributed by atoms with Crippen molar-refractivity contribution in [1.82, 2.24) is 23.3 Å². The van der Waals surface area contributed by atoms with Crippen molar-refractivity contribution in [2.75, 3.05) is 0 Å². The molecule has 66 heavy (non-hydrogen) atoms. The minimum absolute atomic E-state index is 0.917. The topological polar surface area (TPSA) is 32.6 Å². The van der Waals surface area contributed by atoms with E-state index in [9.17, 15) is 0 Å². The highest BCUT2D eigenvalue weighted by molar-refractivity contribution is 6.14. The van der Waals surface area contributed by atoms with E-state index in [-0.39, 0.29) is 0 Å². The van der Waals surface area contributed by atoms with Crippen LogP contribution in [0.4, 0.5) is 0 Å². The van der Waals surface area contributed by atoms with Crippen LogP contribution in [0.15, 0.2) is 237 Å². The first kappa shape index (κ1) is 36.5. The number of aromatic nitrogens is 5. The lowest BCUT2D eigenvalue weighted by Crippen LogP contribution is -1.98.